The van der Waals surface area contributed by atoms with Gasteiger partial charge in [-0.2, -0.15) is 0 Å². The highest BCUT2D eigenvalue weighted by Crippen LogP contribution is 2.42. The van der Waals surface area contributed by atoms with E-state index in [0.717, 1.165) is 37.9 Å². The molecule has 1 aliphatic carbocycles. The smallest absolute Gasteiger partial charge is 0.192 e. The summed E-state index contributed by atoms with van der Waals surface area (Å²) in [5, 5.41) is 14.9. The molecule has 0 unspecified atom stereocenters. The van der Waals surface area contributed by atoms with E-state index in [1.54, 1.807) is 46.6 Å². The van der Waals surface area contributed by atoms with Gasteiger partial charge in [-0.1, -0.05) is 17.8 Å². The molecular formula is C19H15FN4S3. The lowest BCUT2D eigenvalue weighted by Gasteiger charge is -2.06. The van der Waals surface area contributed by atoms with Crippen LogP contribution in [0.15, 0.2) is 52.3 Å². The minimum Gasteiger partial charge on any atom is -0.298 e. The Kier molecular flexibility index (Phi) is 4.55. The van der Waals surface area contributed by atoms with Gasteiger partial charge >= 0.3 is 0 Å². The summed E-state index contributed by atoms with van der Waals surface area (Å²) in [6.45, 7) is 0. The monoisotopic (exact) mass is 414 g/mol. The van der Waals surface area contributed by atoms with Gasteiger partial charge in [0.05, 0.1) is 10.6 Å². The highest BCUT2D eigenvalue weighted by atomic mass is 32.2. The molecule has 1 saturated carbocycles. The number of aromatic nitrogens is 4. The largest absolute Gasteiger partial charge is 0.298 e. The summed E-state index contributed by atoms with van der Waals surface area (Å²) >= 11 is 4.95. The van der Waals surface area contributed by atoms with Crippen molar-refractivity contribution in [3.8, 4) is 21.3 Å². The van der Waals surface area contributed by atoms with Crippen LogP contribution in [0.3, 0.4) is 0 Å². The summed E-state index contributed by atoms with van der Waals surface area (Å²) in [5.74, 6) is 1.49. The summed E-state index contributed by atoms with van der Waals surface area (Å²) in [5.41, 5.74) is 1.95. The maximum Gasteiger partial charge on any atom is 0.192 e. The van der Waals surface area contributed by atoms with Crippen molar-refractivity contribution in [2.24, 2.45) is 0 Å². The van der Waals surface area contributed by atoms with Crippen LogP contribution in [0.2, 0.25) is 0 Å². The molecule has 8 heteroatoms. The normalized spacial score (nSPS) is 14.0. The molecular weight excluding hydrogens is 399 g/mol. The van der Waals surface area contributed by atoms with E-state index in [1.807, 2.05) is 6.07 Å². The van der Waals surface area contributed by atoms with E-state index in [2.05, 4.69) is 31.6 Å². The average Bonchev–Trinajstić information content (AvgIpc) is 3.10. The number of thiazole rings is 1. The third kappa shape index (κ3) is 3.56. The van der Waals surface area contributed by atoms with Gasteiger partial charge in [-0.25, -0.2) is 9.37 Å². The van der Waals surface area contributed by atoms with Crippen LogP contribution in [-0.4, -0.2) is 19.7 Å². The van der Waals surface area contributed by atoms with Gasteiger partial charge in [0.1, 0.15) is 10.8 Å². The molecule has 0 saturated heterocycles. The highest BCUT2D eigenvalue weighted by molar-refractivity contribution is 7.98. The molecule has 27 heavy (non-hydrogen) atoms. The Morgan fingerprint density at radius 3 is 2.70 bits per heavy atom. The van der Waals surface area contributed by atoms with Crippen LogP contribution in [-0.2, 0) is 5.75 Å². The molecule has 3 heterocycles. The standard InChI is InChI=1S/C19H15FN4S3/c20-13-5-3-12(4-6-13)18-21-14(10-26-18)11-27-19-23-22-17(16-2-1-9-25-16)24(19)15-7-8-15/h1-6,9-10,15H,7-8,11H2. The molecule has 4 nitrogen and oxygen atoms in total. The van der Waals surface area contributed by atoms with Crippen molar-refractivity contribution in [1.82, 2.24) is 19.7 Å². The molecule has 3 aromatic heterocycles. The van der Waals surface area contributed by atoms with Crippen LogP contribution in [0, 0.1) is 5.82 Å². The summed E-state index contributed by atoms with van der Waals surface area (Å²) in [7, 11) is 0. The van der Waals surface area contributed by atoms with E-state index in [0.29, 0.717) is 6.04 Å². The van der Waals surface area contributed by atoms with Gasteiger partial charge in [0.2, 0.25) is 0 Å². The molecule has 0 spiro atoms. The molecule has 0 amide bonds. The Balaban J connectivity index is 1.34. The fourth-order valence-electron chi connectivity index (χ4n) is 2.85. The Morgan fingerprint density at radius 1 is 1.11 bits per heavy atom. The van der Waals surface area contributed by atoms with Crippen molar-refractivity contribution >= 4 is 34.4 Å². The number of thioether (sulfide) groups is 1. The molecule has 0 radical (unpaired) electrons. The van der Waals surface area contributed by atoms with Crippen LogP contribution in [0.1, 0.15) is 24.6 Å². The second-order valence-electron chi connectivity index (χ2n) is 6.32. The van der Waals surface area contributed by atoms with Crippen molar-refractivity contribution in [2.45, 2.75) is 29.8 Å². The minimum absolute atomic E-state index is 0.230. The minimum atomic E-state index is -0.230. The molecule has 1 fully saturated rings. The van der Waals surface area contributed by atoms with Crippen molar-refractivity contribution in [3.63, 3.8) is 0 Å². The van der Waals surface area contributed by atoms with E-state index in [4.69, 9.17) is 4.98 Å². The van der Waals surface area contributed by atoms with Crippen LogP contribution in [0.5, 0.6) is 0 Å². The van der Waals surface area contributed by atoms with Gasteiger partial charge in [0, 0.05) is 22.7 Å². The van der Waals surface area contributed by atoms with Crippen LogP contribution < -0.4 is 0 Å². The summed E-state index contributed by atoms with van der Waals surface area (Å²) in [6, 6.07) is 11.1. The Bertz CT molecular complexity index is 1050. The van der Waals surface area contributed by atoms with Crippen LogP contribution >= 0.6 is 34.4 Å². The number of nitrogens with zero attached hydrogens (tertiary/aromatic N) is 4. The Morgan fingerprint density at radius 2 is 1.96 bits per heavy atom. The SMILES string of the molecule is Fc1ccc(-c2nc(CSc3nnc(-c4cccs4)n3C3CC3)cs2)cc1. The first-order valence-electron chi connectivity index (χ1n) is 8.60. The van der Waals surface area contributed by atoms with Crippen molar-refractivity contribution in [2.75, 3.05) is 0 Å². The Hall–Kier alpha value is -2.03. The fourth-order valence-corrected chi connectivity index (χ4v) is 5.38. The lowest BCUT2D eigenvalue weighted by Crippen LogP contribution is -1.99. The van der Waals surface area contributed by atoms with Gasteiger partial charge in [-0.05, 0) is 48.6 Å². The van der Waals surface area contributed by atoms with Crippen molar-refractivity contribution < 1.29 is 4.39 Å². The first-order chi connectivity index (χ1) is 13.3. The number of hydrogen-bond acceptors (Lipinski definition) is 6. The maximum atomic E-state index is 13.1. The maximum absolute atomic E-state index is 13.1. The van der Waals surface area contributed by atoms with Gasteiger partial charge in [0.25, 0.3) is 0 Å². The molecule has 136 valence electrons. The quantitative estimate of drug-likeness (QED) is 0.369. The third-order valence-electron chi connectivity index (χ3n) is 4.31. The fraction of sp³-hybridized carbons (Fsp3) is 0.211. The lowest BCUT2D eigenvalue weighted by molar-refractivity contribution is 0.628. The second kappa shape index (κ2) is 7.18. The number of benzene rings is 1. The predicted molar refractivity (Wildman–Crippen MR) is 109 cm³/mol. The molecule has 1 aromatic carbocycles. The zero-order chi connectivity index (χ0) is 18.2. The second-order valence-corrected chi connectivity index (χ2v) is 9.07. The van der Waals surface area contributed by atoms with E-state index in [9.17, 15) is 4.39 Å². The van der Waals surface area contributed by atoms with Gasteiger partial charge in [-0.3, -0.25) is 4.57 Å². The zero-order valence-corrected chi connectivity index (χ0v) is 16.7. The average molecular weight is 415 g/mol. The van der Waals surface area contributed by atoms with Gasteiger partial charge in [-0.15, -0.1) is 32.9 Å². The number of thiophene rings is 1. The Labute approximate surface area is 168 Å². The zero-order valence-electron chi connectivity index (χ0n) is 14.2. The molecule has 0 N–H and O–H groups in total. The van der Waals surface area contributed by atoms with Gasteiger partial charge in [0.15, 0.2) is 11.0 Å². The van der Waals surface area contributed by atoms with E-state index in [1.165, 1.54) is 25.0 Å². The van der Waals surface area contributed by atoms with E-state index >= 15 is 0 Å². The predicted octanol–water partition coefficient (Wildman–Crippen LogP) is 5.90. The molecule has 0 atom stereocenters. The molecule has 0 aliphatic heterocycles. The van der Waals surface area contributed by atoms with E-state index in [-0.39, 0.29) is 5.82 Å². The van der Waals surface area contributed by atoms with Crippen LogP contribution in [0.25, 0.3) is 21.3 Å². The lowest BCUT2D eigenvalue weighted by atomic mass is 10.2. The number of halogens is 1. The van der Waals surface area contributed by atoms with Crippen LogP contribution in [0.4, 0.5) is 4.39 Å². The van der Waals surface area contributed by atoms with E-state index < -0.39 is 0 Å². The number of rotatable bonds is 6. The van der Waals surface area contributed by atoms with Gasteiger partial charge < -0.3 is 0 Å². The van der Waals surface area contributed by atoms with Crippen molar-refractivity contribution in [1.29, 1.82) is 0 Å². The van der Waals surface area contributed by atoms with Crippen molar-refractivity contribution in [3.05, 3.63) is 58.7 Å². The molecule has 4 aromatic rings. The molecule has 0 bridgehead atoms. The summed E-state index contributed by atoms with van der Waals surface area (Å²) in [6.07, 6.45) is 2.38. The first kappa shape index (κ1) is 17.1. The third-order valence-corrected chi connectivity index (χ3v) is 7.09. The number of hydrogen-bond donors (Lipinski definition) is 0. The highest BCUT2D eigenvalue weighted by Gasteiger charge is 2.30. The molecule has 5 rings (SSSR count). The summed E-state index contributed by atoms with van der Waals surface area (Å²) < 4.78 is 15.4. The summed E-state index contributed by atoms with van der Waals surface area (Å²) in [4.78, 5) is 5.85. The topological polar surface area (TPSA) is 43.6 Å². The first-order valence-corrected chi connectivity index (χ1v) is 11.3. The molecule has 1 aliphatic rings.